The van der Waals surface area contributed by atoms with Gasteiger partial charge in [0.2, 0.25) is 47.3 Å². The normalized spacial score (nSPS) is 19.8. The summed E-state index contributed by atoms with van der Waals surface area (Å²) in [7, 11) is 0. The molecular formula is C81H127N13O23. The van der Waals surface area contributed by atoms with Crippen molar-refractivity contribution in [1.82, 2.24) is 69.1 Å². The average molecular weight is 1650 g/mol. The van der Waals surface area contributed by atoms with E-state index in [1.807, 2.05) is 0 Å². The topological polar surface area (TPSA) is 516 Å². The molecular weight excluding hydrogens is 1520 g/mol. The van der Waals surface area contributed by atoms with Gasteiger partial charge in [-0.25, -0.2) is 24.0 Å². The molecule has 2 aromatic carbocycles. The van der Waals surface area contributed by atoms with E-state index in [1.165, 1.54) is 6.92 Å². The summed E-state index contributed by atoms with van der Waals surface area (Å²) in [5.41, 5.74) is -2.88. The van der Waals surface area contributed by atoms with Crippen molar-refractivity contribution in [2.24, 2.45) is 23.7 Å². The third-order valence-electron chi connectivity index (χ3n) is 17.6. The molecule has 1 aliphatic heterocycles. The molecule has 36 nitrogen and oxygen atoms in total. The van der Waals surface area contributed by atoms with Gasteiger partial charge in [0.1, 0.15) is 53.2 Å². The second kappa shape index (κ2) is 48.9. The molecule has 1 fully saturated rings. The predicted molar refractivity (Wildman–Crippen MR) is 428 cm³/mol. The Morgan fingerprint density at radius 2 is 0.915 bits per heavy atom. The molecule has 1 saturated heterocycles. The lowest BCUT2D eigenvalue weighted by atomic mass is 9.90. The number of hydrogen-bond donors (Lipinski definition) is 15. The zero-order valence-electron chi connectivity index (χ0n) is 70.7. The third-order valence-corrected chi connectivity index (χ3v) is 17.6. The molecule has 1 aliphatic rings. The van der Waals surface area contributed by atoms with Gasteiger partial charge in [-0.15, -0.1) is 0 Å². The molecule has 15 N–H and O–H groups in total. The molecule has 0 radical (unpaired) electrons. The van der Waals surface area contributed by atoms with Crippen molar-refractivity contribution in [3.8, 4) is 0 Å². The van der Waals surface area contributed by atoms with E-state index in [4.69, 9.17) is 23.7 Å². The summed E-state index contributed by atoms with van der Waals surface area (Å²) < 4.78 is 27.0. The molecule has 0 aliphatic carbocycles. The number of carbonyl (C=O) groups is 16. The SMILES string of the molecule is CCC(=O)NCC[C@H](NC(=O)OCc1ccccc1)C(=O)C[C@H](C(=O)N[C@@H](CCNC(=O)OC(C)(C)C)C(=O)C[C@H]1CCNC(=O)[C@H](C(C)O)NC(=O)[C@H](CCNC(=O)OC(C)(C)C)CC(=O)[C@H](CCNC(=O)OC(C)(C)C)NC(=O)[C@H](CC(C)C)NC(=O)[C@@H](Cc2ccccc2)NC(=O)[C@H](CCNC(=O)OC(C)(C)C)NC1=O)C(C)O. The van der Waals surface area contributed by atoms with Crippen LogP contribution in [0.5, 0.6) is 0 Å². The number of nitrogens with one attached hydrogen (secondary N) is 13. The van der Waals surface area contributed by atoms with E-state index >= 15 is 19.2 Å². The maximum Gasteiger partial charge on any atom is 0.408 e. The minimum Gasteiger partial charge on any atom is -0.445 e. The second-order valence-electron chi connectivity index (χ2n) is 33.3. The van der Waals surface area contributed by atoms with Crippen molar-refractivity contribution in [2.75, 3.05) is 39.3 Å². The Labute approximate surface area is 685 Å². The summed E-state index contributed by atoms with van der Waals surface area (Å²) >= 11 is 0. The Kier molecular flexibility index (Phi) is 42.1. The van der Waals surface area contributed by atoms with Crippen LogP contribution in [0.4, 0.5) is 24.0 Å². The summed E-state index contributed by atoms with van der Waals surface area (Å²) in [5, 5.41) is 56.2. The van der Waals surface area contributed by atoms with Crippen LogP contribution >= 0.6 is 0 Å². The minimum atomic E-state index is -1.86. The molecule has 117 heavy (non-hydrogen) atoms. The van der Waals surface area contributed by atoms with Gasteiger partial charge in [0, 0.05) is 83.2 Å². The van der Waals surface area contributed by atoms with Gasteiger partial charge in [0.15, 0.2) is 17.3 Å². The van der Waals surface area contributed by atoms with Gasteiger partial charge in [-0.3, -0.25) is 52.7 Å². The van der Waals surface area contributed by atoms with Gasteiger partial charge < -0.3 is 103 Å². The lowest BCUT2D eigenvalue weighted by Gasteiger charge is -2.28. The minimum absolute atomic E-state index is 0.0833. The van der Waals surface area contributed by atoms with E-state index in [-0.39, 0.29) is 76.6 Å². The lowest BCUT2D eigenvalue weighted by Crippen LogP contribution is -2.59. The van der Waals surface area contributed by atoms with Crippen molar-refractivity contribution >= 4 is 95.1 Å². The van der Waals surface area contributed by atoms with Gasteiger partial charge in [0.25, 0.3) is 0 Å². The molecule has 36 heteroatoms. The van der Waals surface area contributed by atoms with Crippen LogP contribution < -0.4 is 69.1 Å². The van der Waals surface area contributed by atoms with Crippen LogP contribution in [0, 0.1) is 23.7 Å². The fourth-order valence-electron chi connectivity index (χ4n) is 11.7. The highest BCUT2D eigenvalue weighted by Gasteiger charge is 2.40. The van der Waals surface area contributed by atoms with Crippen molar-refractivity contribution in [1.29, 1.82) is 0 Å². The van der Waals surface area contributed by atoms with E-state index in [2.05, 4.69) is 69.1 Å². The molecule has 0 spiro atoms. The van der Waals surface area contributed by atoms with E-state index < -0.39 is 242 Å². The molecule has 1 heterocycles. The molecule has 2 aromatic rings. The van der Waals surface area contributed by atoms with Gasteiger partial charge in [-0.1, -0.05) is 81.4 Å². The number of aliphatic hydroxyl groups is 2. The molecule has 0 aromatic heterocycles. The number of benzene rings is 2. The zero-order chi connectivity index (χ0) is 88.1. The second-order valence-corrected chi connectivity index (χ2v) is 33.3. The summed E-state index contributed by atoms with van der Waals surface area (Å²) in [5.74, 6) is -15.5. The average Bonchev–Trinajstić information content (AvgIpc) is 1.23. The van der Waals surface area contributed by atoms with E-state index in [0.717, 1.165) is 6.92 Å². The quantitative estimate of drug-likeness (QED) is 0.0448. The molecule has 12 atom stereocenters. The summed E-state index contributed by atoms with van der Waals surface area (Å²) in [6.07, 6.45) is -13.2. The fourth-order valence-corrected chi connectivity index (χ4v) is 11.7. The zero-order valence-corrected chi connectivity index (χ0v) is 70.7. The van der Waals surface area contributed by atoms with Crippen LogP contribution in [0.15, 0.2) is 60.7 Å². The summed E-state index contributed by atoms with van der Waals surface area (Å²) in [6, 6.07) is 5.46. The Morgan fingerprint density at radius 3 is 1.41 bits per heavy atom. The highest BCUT2D eigenvalue weighted by molar-refractivity contribution is 5.99. The first-order valence-corrected chi connectivity index (χ1v) is 39.7. The lowest BCUT2D eigenvalue weighted by molar-refractivity contribution is -0.137. The number of ketones is 3. The number of ether oxygens (including phenoxy) is 5. The first-order chi connectivity index (χ1) is 54.5. The van der Waals surface area contributed by atoms with Crippen molar-refractivity contribution < 1.29 is 111 Å². The Morgan fingerprint density at radius 1 is 0.479 bits per heavy atom. The van der Waals surface area contributed by atoms with Crippen LogP contribution in [-0.2, 0) is 89.5 Å². The maximum absolute atomic E-state index is 15.4. The highest BCUT2D eigenvalue weighted by Crippen LogP contribution is 2.21. The fraction of sp³-hybridized carbons (Fsp3) is 0.654. The van der Waals surface area contributed by atoms with Crippen LogP contribution in [0.3, 0.4) is 0 Å². The number of alkyl carbamates (subject to hydrolysis) is 5. The van der Waals surface area contributed by atoms with E-state index in [9.17, 15) is 67.7 Å². The van der Waals surface area contributed by atoms with Crippen molar-refractivity contribution in [2.45, 2.75) is 278 Å². The summed E-state index contributed by atoms with van der Waals surface area (Å²) in [6.45, 7) is 24.3. The monoisotopic (exact) mass is 1650 g/mol. The number of amides is 13. The van der Waals surface area contributed by atoms with Crippen molar-refractivity contribution in [3.05, 3.63) is 71.8 Å². The molecule has 0 saturated carbocycles. The van der Waals surface area contributed by atoms with Gasteiger partial charge >= 0.3 is 30.5 Å². The Bertz CT molecular complexity index is 3650. The Hall–Kier alpha value is -10.5. The molecule has 0 bridgehead atoms. The Balaban J connectivity index is 2.38. The first kappa shape index (κ1) is 101. The molecule has 2 unspecified atom stereocenters. The molecule has 13 amide bonds. The number of hydrogen-bond acceptors (Lipinski definition) is 23. The number of Topliss-reactive ketones (excluding diaryl/α,β-unsaturated/α-hetero) is 3. The van der Waals surface area contributed by atoms with Crippen LogP contribution in [-0.4, -0.2) is 221 Å². The van der Waals surface area contributed by atoms with Gasteiger partial charge in [-0.05, 0) is 159 Å². The van der Waals surface area contributed by atoms with Crippen molar-refractivity contribution in [3.63, 3.8) is 0 Å². The predicted octanol–water partition coefficient (Wildman–Crippen LogP) is 4.06. The number of aliphatic hydroxyl groups excluding tert-OH is 2. The summed E-state index contributed by atoms with van der Waals surface area (Å²) in [4.78, 5) is 227. The van der Waals surface area contributed by atoms with Gasteiger partial charge in [-0.2, -0.15) is 0 Å². The molecule has 654 valence electrons. The highest BCUT2D eigenvalue weighted by atomic mass is 16.6. The third kappa shape index (κ3) is 41.8. The smallest absolute Gasteiger partial charge is 0.408 e. The van der Waals surface area contributed by atoms with Crippen LogP contribution in [0.1, 0.15) is 199 Å². The van der Waals surface area contributed by atoms with E-state index in [0.29, 0.717) is 11.1 Å². The van der Waals surface area contributed by atoms with Gasteiger partial charge in [0.05, 0.1) is 36.3 Å². The first-order valence-electron chi connectivity index (χ1n) is 39.7. The largest absolute Gasteiger partial charge is 0.445 e. The van der Waals surface area contributed by atoms with Crippen LogP contribution in [0.2, 0.25) is 0 Å². The van der Waals surface area contributed by atoms with Crippen LogP contribution in [0.25, 0.3) is 0 Å². The number of carbonyl (C=O) groups excluding carboxylic acids is 16. The number of rotatable bonds is 33. The van der Waals surface area contributed by atoms with E-state index in [1.54, 1.807) is 165 Å². The molecule has 3 rings (SSSR count). The maximum atomic E-state index is 15.4. The standard InChI is InChI=1S/C81H127N13O23/c1-18-64(100)82-37-31-57(93-77(112)113-46-51-27-23-20-24-28-51)63(99)45-54(48(4)95)68(103)88-55(32-38-85-74(109)115-79(9,10)11)61(97)43-52-29-35-83-72(107)65(49(5)96)94-67(102)53(30-36-84-73(108)114-78(6,7)8)44-62(98)56(33-39-86-75(110)116-80(12,13)14)89-70(105)59(41-47(2)3)91-71(106)60(42-50-25-21-19-22-26-50)92-69(104)58(90-66(52)101)34-40-87-76(111)117-81(15,16)17/h19-28,47-49,52-60,65,95-96H,18,29-46H2,1-17H3,(H,82,100)(H,83,107)(H,84,108)(H,85,109)(H,86,110)(H,87,111)(H,88,103)(H,89,105)(H,90,101)(H,91,106)(H,92,104)(H,93,112)(H,94,102)/t48?,49?,52-,53-,54+,55+,56+,57+,58+,59+,60-,65+/m1/s1.